The minimum Gasteiger partial charge on any atom is -0.469 e. The molecule has 2 aromatic heterocycles. The number of nitrogens with one attached hydrogen (secondary N) is 2. The summed E-state index contributed by atoms with van der Waals surface area (Å²) in [6, 6.07) is 10.4. The van der Waals surface area contributed by atoms with Crippen LogP contribution in [-0.2, 0) is 11.2 Å². The lowest BCUT2D eigenvalue weighted by molar-refractivity contribution is 0.207. The van der Waals surface area contributed by atoms with Gasteiger partial charge in [0, 0.05) is 45.4 Å². The van der Waals surface area contributed by atoms with Crippen LogP contribution < -0.4 is 15.5 Å². The van der Waals surface area contributed by atoms with E-state index in [0.717, 1.165) is 56.4 Å². The lowest BCUT2D eigenvalue weighted by Gasteiger charge is -2.33. The van der Waals surface area contributed by atoms with Crippen LogP contribution in [0.5, 0.6) is 0 Å². The Balaban J connectivity index is 0.00000280. The van der Waals surface area contributed by atoms with E-state index in [1.807, 2.05) is 30.5 Å². The first-order valence-corrected chi connectivity index (χ1v) is 9.57. The molecule has 0 bridgehead atoms. The summed E-state index contributed by atoms with van der Waals surface area (Å²) in [5.41, 5.74) is 0. The van der Waals surface area contributed by atoms with Crippen molar-refractivity contribution in [3.63, 3.8) is 0 Å². The first-order chi connectivity index (χ1) is 13.3. The summed E-state index contributed by atoms with van der Waals surface area (Å²) in [6.45, 7) is 4.01. The number of furan rings is 1. The van der Waals surface area contributed by atoms with Gasteiger partial charge in [0.1, 0.15) is 11.6 Å². The SMILES string of the molecule is COCCN=C(NCCc1ccco1)NC1CCN(c2ccccn2)CC1.I. The van der Waals surface area contributed by atoms with E-state index in [1.165, 1.54) is 0 Å². The van der Waals surface area contributed by atoms with Crippen LogP contribution in [0.15, 0.2) is 52.2 Å². The van der Waals surface area contributed by atoms with Gasteiger partial charge < -0.3 is 24.7 Å². The summed E-state index contributed by atoms with van der Waals surface area (Å²) in [4.78, 5) is 11.4. The maximum atomic E-state index is 5.39. The standard InChI is InChI=1S/C20H29N5O2.HI/c1-26-16-12-23-20(22-11-7-18-5-4-15-27-18)24-17-8-13-25(14-9-17)19-6-2-3-10-21-19;/h2-6,10,15,17H,7-9,11-14,16H2,1H3,(H2,22,23,24);1H. The van der Waals surface area contributed by atoms with Gasteiger partial charge in [-0.1, -0.05) is 6.07 Å². The van der Waals surface area contributed by atoms with Crippen LogP contribution in [0.4, 0.5) is 5.82 Å². The van der Waals surface area contributed by atoms with Gasteiger partial charge in [0.15, 0.2) is 5.96 Å². The first-order valence-electron chi connectivity index (χ1n) is 9.57. The monoisotopic (exact) mass is 499 g/mol. The molecule has 0 radical (unpaired) electrons. The Morgan fingerprint density at radius 3 is 2.82 bits per heavy atom. The van der Waals surface area contributed by atoms with E-state index >= 15 is 0 Å². The van der Waals surface area contributed by atoms with Gasteiger partial charge in [-0.2, -0.15) is 0 Å². The van der Waals surface area contributed by atoms with Crippen molar-refractivity contribution in [2.45, 2.75) is 25.3 Å². The fourth-order valence-electron chi connectivity index (χ4n) is 3.15. The number of hydrogen-bond donors (Lipinski definition) is 2. The number of rotatable bonds is 8. The average molecular weight is 499 g/mol. The molecular weight excluding hydrogens is 469 g/mol. The molecule has 1 aliphatic heterocycles. The summed E-state index contributed by atoms with van der Waals surface area (Å²) in [7, 11) is 1.69. The van der Waals surface area contributed by atoms with Crippen molar-refractivity contribution in [2.75, 3.05) is 44.8 Å². The van der Waals surface area contributed by atoms with E-state index in [2.05, 4.69) is 31.6 Å². The molecular formula is C20H30IN5O2. The van der Waals surface area contributed by atoms with Crippen molar-refractivity contribution >= 4 is 35.8 Å². The highest BCUT2D eigenvalue weighted by molar-refractivity contribution is 14.0. The Morgan fingerprint density at radius 1 is 1.29 bits per heavy atom. The Morgan fingerprint density at radius 2 is 2.14 bits per heavy atom. The molecule has 0 unspecified atom stereocenters. The third kappa shape index (κ3) is 7.31. The second-order valence-corrected chi connectivity index (χ2v) is 6.57. The van der Waals surface area contributed by atoms with E-state index in [-0.39, 0.29) is 24.0 Å². The largest absolute Gasteiger partial charge is 0.469 e. The molecule has 0 amide bonds. The number of aliphatic imine (C=N–C) groups is 1. The molecule has 3 heterocycles. The summed E-state index contributed by atoms with van der Waals surface area (Å²) in [5, 5.41) is 6.98. The number of aromatic nitrogens is 1. The van der Waals surface area contributed by atoms with Gasteiger partial charge in [0.05, 0.1) is 19.4 Å². The quantitative estimate of drug-likeness (QED) is 0.252. The van der Waals surface area contributed by atoms with Gasteiger partial charge in [0.2, 0.25) is 0 Å². The number of halogens is 1. The van der Waals surface area contributed by atoms with Crippen LogP contribution in [0.3, 0.4) is 0 Å². The highest BCUT2D eigenvalue weighted by Crippen LogP contribution is 2.17. The highest BCUT2D eigenvalue weighted by Gasteiger charge is 2.20. The van der Waals surface area contributed by atoms with Crippen LogP contribution in [0.25, 0.3) is 0 Å². The number of piperidine rings is 1. The topological polar surface area (TPSA) is 74.9 Å². The average Bonchev–Trinajstić information content (AvgIpc) is 3.23. The zero-order valence-corrected chi connectivity index (χ0v) is 18.7. The molecule has 2 aromatic rings. The zero-order valence-electron chi connectivity index (χ0n) is 16.3. The Bertz CT molecular complexity index is 673. The Kier molecular flexibility index (Phi) is 10.1. The second kappa shape index (κ2) is 12.6. The number of pyridine rings is 1. The molecule has 0 atom stereocenters. The molecule has 3 rings (SSSR count). The molecule has 0 spiro atoms. The van der Waals surface area contributed by atoms with Crippen molar-refractivity contribution in [1.82, 2.24) is 15.6 Å². The smallest absolute Gasteiger partial charge is 0.191 e. The third-order valence-electron chi connectivity index (χ3n) is 4.62. The molecule has 154 valence electrons. The van der Waals surface area contributed by atoms with Crippen molar-refractivity contribution in [3.8, 4) is 0 Å². The van der Waals surface area contributed by atoms with Crippen molar-refractivity contribution in [1.29, 1.82) is 0 Å². The minimum absolute atomic E-state index is 0. The molecule has 2 N–H and O–H groups in total. The van der Waals surface area contributed by atoms with Crippen LogP contribution >= 0.6 is 24.0 Å². The van der Waals surface area contributed by atoms with Crippen molar-refractivity contribution in [3.05, 3.63) is 48.6 Å². The number of guanidine groups is 1. The molecule has 1 aliphatic rings. The molecule has 1 fully saturated rings. The first kappa shape index (κ1) is 22.5. The fourth-order valence-corrected chi connectivity index (χ4v) is 3.15. The fraction of sp³-hybridized carbons (Fsp3) is 0.500. The summed E-state index contributed by atoms with van der Waals surface area (Å²) in [6.07, 6.45) is 6.50. The molecule has 8 heteroatoms. The van der Waals surface area contributed by atoms with Gasteiger partial charge in [-0.15, -0.1) is 24.0 Å². The van der Waals surface area contributed by atoms with Crippen LogP contribution in [0, 0.1) is 0 Å². The van der Waals surface area contributed by atoms with E-state index < -0.39 is 0 Å². The lowest BCUT2D eigenvalue weighted by Crippen LogP contribution is -2.49. The van der Waals surface area contributed by atoms with Gasteiger partial charge in [-0.25, -0.2) is 4.98 Å². The van der Waals surface area contributed by atoms with E-state index in [0.29, 0.717) is 19.2 Å². The molecule has 28 heavy (non-hydrogen) atoms. The van der Waals surface area contributed by atoms with Crippen LogP contribution in [-0.4, -0.2) is 56.9 Å². The minimum atomic E-state index is 0. The number of hydrogen-bond acceptors (Lipinski definition) is 5. The number of anilines is 1. The normalized spacial score (nSPS) is 15.2. The van der Waals surface area contributed by atoms with Crippen LogP contribution in [0.2, 0.25) is 0 Å². The summed E-state index contributed by atoms with van der Waals surface area (Å²) in [5.74, 6) is 2.87. The molecule has 0 aliphatic carbocycles. The summed E-state index contributed by atoms with van der Waals surface area (Å²) < 4.78 is 10.5. The molecule has 1 saturated heterocycles. The zero-order chi connectivity index (χ0) is 18.7. The van der Waals surface area contributed by atoms with E-state index in [9.17, 15) is 0 Å². The Hall–Kier alpha value is -1.81. The van der Waals surface area contributed by atoms with Gasteiger partial charge in [-0.05, 0) is 37.1 Å². The number of nitrogens with zero attached hydrogens (tertiary/aromatic N) is 3. The van der Waals surface area contributed by atoms with Crippen LogP contribution in [0.1, 0.15) is 18.6 Å². The third-order valence-corrected chi connectivity index (χ3v) is 4.62. The molecule has 0 saturated carbocycles. The Labute approximate surface area is 184 Å². The van der Waals surface area contributed by atoms with Crippen molar-refractivity contribution < 1.29 is 9.15 Å². The molecule has 0 aromatic carbocycles. The number of methoxy groups -OCH3 is 1. The van der Waals surface area contributed by atoms with Gasteiger partial charge in [0.25, 0.3) is 0 Å². The molecule has 7 nitrogen and oxygen atoms in total. The lowest BCUT2D eigenvalue weighted by atomic mass is 10.1. The van der Waals surface area contributed by atoms with Gasteiger partial charge >= 0.3 is 0 Å². The van der Waals surface area contributed by atoms with Gasteiger partial charge in [-0.3, -0.25) is 4.99 Å². The van der Waals surface area contributed by atoms with Crippen molar-refractivity contribution in [2.24, 2.45) is 4.99 Å². The maximum absolute atomic E-state index is 5.39. The highest BCUT2D eigenvalue weighted by atomic mass is 127. The summed E-state index contributed by atoms with van der Waals surface area (Å²) >= 11 is 0. The van der Waals surface area contributed by atoms with E-state index in [4.69, 9.17) is 9.15 Å². The second-order valence-electron chi connectivity index (χ2n) is 6.57. The maximum Gasteiger partial charge on any atom is 0.191 e. The predicted molar refractivity (Wildman–Crippen MR) is 123 cm³/mol. The van der Waals surface area contributed by atoms with E-state index in [1.54, 1.807) is 13.4 Å². The predicted octanol–water partition coefficient (Wildman–Crippen LogP) is 2.69. The number of ether oxygens (including phenoxy) is 1.